The topological polar surface area (TPSA) is 55.9 Å². The van der Waals surface area contributed by atoms with E-state index in [1.807, 2.05) is 52.3 Å². The number of hydrogen-bond acceptors (Lipinski definition) is 2. The summed E-state index contributed by atoms with van der Waals surface area (Å²) in [5.74, 6) is 0. The Bertz CT molecular complexity index is 868. The van der Waals surface area contributed by atoms with E-state index in [1.54, 1.807) is 17.0 Å². The second kappa shape index (κ2) is 8.74. The van der Waals surface area contributed by atoms with Crippen LogP contribution in [0.2, 0.25) is 5.02 Å². The van der Waals surface area contributed by atoms with Gasteiger partial charge in [-0.15, -0.1) is 0 Å². The predicted octanol–water partition coefficient (Wildman–Crippen LogP) is 4.27. The maximum atomic E-state index is 12.8. The molecular formula is C22H25ClN4O2. The number of benzene rings is 2. The third-order valence-electron chi connectivity index (χ3n) is 5.65. The lowest BCUT2D eigenvalue weighted by Crippen LogP contribution is -2.49. The van der Waals surface area contributed by atoms with E-state index in [-0.39, 0.29) is 18.1 Å². The maximum absolute atomic E-state index is 12.8. The fraction of sp³-hybridized carbons (Fsp3) is 0.364. The van der Waals surface area contributed by atoms with E-state index in [4.69, 9.17) is 11.6 Å². The summed E-state index contributed by atoms with van der Waals surface area (Å²) < 4.78 is 0. The number of carbonyl (C=O) groups is 2. The maximum Gasteiger partial charge on any atom is 0.321 e. The van der Waals surface area contributed by atoms with E-state index >= 15 is 0 Å². The highest BCUT2D eigenvalue weighted by atomic mass is 35.5. The summed E-state index contributed by atoms with van der Waals surface area (Å²) in [6, 6.07) is 17.4. The molecule has 2 fully saturated rings. The summed E-state index contributed by atoms with van der Waals surface area (Å²) in [6.45, 7) is 3.41. The first-order valence-corrected chi connectivity index (χ1v) is 10.4. The number of carbonyl (C=O) groups excluding carboxylic acids is 2. The van der Waals surface area contributed by atoms with Crippen molar-refractivity contribution in [1.29, 1.82) is 0 Å². The Morgan fingerprint density at radius 2 is 1.66 bits per heavy atom. The highest BCUT2D eigenvalue weighted by molar-refractivity contribution is 6.33. The van der Waals surface area contributed by atoms with Gasteiger partial charge in [0.15, 0.2) is 0 Å². The van der Waals surface area contributed by atoms with E-state index < -0.39 is 0 Å². The largest absolute Gasteiger partial charge is 0.324 e. The van der Waals surface area contributed by atoms with E-state index in [2.05, 4.69) is 5.32 Å². The number of likely N-dealkylation sites (tertiary alicyclic amines) is 1. The molecule has 0 radical (unpaired) electrons. The molecule has 0 aliphatic carbocycles. The standard InChI is InChI=1S/C22H25ClN4O2/c23-19-8-4-5-9-20(19)24-21(28)25-12-10-18(11-13-25)27-15-14-26(22(27)29)16-17-6-2-1-3-7-17/h1-9,18H,10-16H2,(H,24,28). The number of halogens is 1. The molecule has 2 aromatic rings. The average Bonchev–Trinajstić information content (AvgIpc) is 3.11. The number of para-hydroxylation sites is 1. The van der Waals surface area contributed by atoms with Crippen molar-refractivity contribution >= 4 is 29.4 Å². The molecule has 7 heteroatoms. The molecule has 2 aromatic carbocycles. The Hall–Kier alpha value is -2.73. The van der Waals surface area contributed by atoms with Crippen molar-refractivity contribution in [3.8, 4) is 0 Å². The Labute approximate surface area is 176 Å². The molecule has 4 amide bonds. The number of piperidine rings is 1. The summed E-state index contributed by atoms with van der Waals surface area (Å²) in [4.78, 5) is 31.1. The van der Waals surface area contributed by atoms with Gasteiger partial charge in [0.2, 0.25) is 0 Å². The van der Waals surface area contributed by atoms with Gasteiger partial charge in [0.05, 0.1) is 10.7 Å². The molecule has 0 spiro atoms. The van der Waals surface area contributed by atoms with E-state index in [0.717, 1.165) is 31.5 Å². The van der Waals surface area contributed by atoms with Gasteiger partial charge < -0.3 is 20.0 Å². The van der Waals surface area contributed by atoms with Crippen LogP contribution in [0.5, 0.6) is 0 Å². The molecule has 2 aliphatic rings. The number of nitrogens with one attached hydrogen (secondary N) is 1. The van der Waals surface area contributed by atoms with Crippen molar-refractivity contribution < 1.29 is 9.59 Å². The van der Waals surface area contributed by atoms with Gasteiger partial charge in [-0.2, -0.15) is 0 Å². The summed E-state index contributed by atoms with van der Waals surface area (Å²) in [5, 5.41) is 3.40. The number of urea groups is 2. The minimum atomic E-state index is -0.144. The number of nitrogens with zero attached hydrogens (tertiary/aromatic N) is 3. The van der Waals surface area contributed by atoms with Crippen LogP contribution in [0.3, 0.4) is 0 Å². The summed E-state index contributed by atoms with van der Waals surface area (Å²) in [6.07, 6.45) is 1.59. The lowest BCUT2D eigenvalue weighted by atomic mass is 10.0. The zero-order valence-electron chi connectivity index (χ0n) is 16.3. The van der Waals surface area contributed by atoms with Gasteiger partial charge in [-0.3, -0.25) is 0 Å². The molecule has 2 heterocycles. The van der Waals surface area contributed by atoms with Gasteiger partial charge in [0, 0.05) is 38.8 Å². The molecule has 2 saturated heterocycles. The molecule has 0 saturated carbocycles. The van der Waals surface area contributed by atoms with Gasteiger partial charge in [-0.05, 0) is 30.5 Å². The summed E-state index contributed by atoms with van der Waals surface area (Å²) in [7, 11) is 0. The zero-order chi connectivity index (χ0) is 20.2. The van der Waals surface area contributed by atoms with Gasteiger partial charge >= 0.3 is 12.1 Å². The molecule has 0 aromatic heterocycles. The number of amides is 4. The van der Waals surface area contributed by atoms with E-state index in [9.17, 15) is 9.59 Å². The smallest absolute Gasteiger partial charge is 0.321 e. The van der Waals surface area contributed by atoms with E-state index in [0.29, 0.717) is 30.3 Å². The highest BCUT2D eigenvalue weighted by Crippen LogP contribution is 2.24. The zero-order valence-corrected chi connectivity index (χ0v) is 17.0. The second-order valence-corrected chi connectivity index (χ2v) is 7.92. The van der Waals surface area contributed by atoms with Crippen LogP contribution in [-0.4, -0.2) is 59.0 Å². The lowest BCUT2D eigenvalue weighted by molar-refractivity contribution is 0.139. The van der Waals surface area contributed by atoms with Crippen LogP contribution < -0.4 is 5.32 Å². The summed E-state index contributed by atoms with van der Waals surface area (Å²) in [5.41, 5.74) is 1.77. The monoisotopic (exact) mass is 412 g/mol. The minimum Gasteiger partial charge on any atom is -0.324 e. The van der Waals surface area contributed by atoms with Crippen molar-refractivity contribution in [3.63, 3.8) is 0 Å². The van der Waals surface area contributed by atoms with Gasteiger partial charge in [-0.1, -0.05) is 54.1 Å². The molecule has 1 N–H and O–H groups in total. The molecule has 152 valence electrons. The number of rotatable bonds is 4. The van der Waals surface area contributed by atoms with Gasteiger partial charge in [0.1, 0.15) is 0 Å². The first kappa shape index (κ1) is 19.6. The van der Waals surface area contributed by atoms with Crippen molar-refractivity contribution in [3.05, 3.63) is 65.2 Å². The van der Waals surface area contributed by atoms with Crippen LogP contribution in [0.25, 0.3) is 0 Å². The van der Waals surface area contributed by atoms with Crippen molar-refractivity contribution in [1.82, 2.24) is 14.7 Å². The normalized spacial score (nSPS) is 17.7. The van der Waals surface area contributed by atoms with Crippen LogP contribution in [0.4, 0.5) is 15.3 Å². The molecular weight excluding hydrogens is 388 g/mol. The molecule has 4 rings (SSSR count). The molecule has 29 heavy (non-hydrogen) atoms. The fourth-order valence-corrected chi connectivity index (χ4v) is 4.21. The Balaban J connectivity index is 1.29. The highest BCUT2D eigenvalue weighted by Gasteiger charge is 2.36. The first-order valence-electron chi connectivity index (χ1n) is 10.0. The first-order chi connectivity index (χ1) is 14.1. The third kappa shape index (κ3) is 4.48. The van der Waals surface area contributed by atoms with Crippen LogP contribution in [0.15, 0.2) is 54.6 Å². The predicted molar refractivity (Wildman–Crippen MR) is 114 cm³/mol. The van der Waals surface area contributed by atoms with Crippen LogP contribution in [0, 0.1) is 0 Å². The van der Waals surface area contributed by atoms with Crippen LogP contribution >= 0.6 is 11.6 Å². The quantitative estimate of drug-likeness (QED) is 0.815. The van der Waals surface area contributed by atoms with E-state index in [1.165, 1.54) is 0 Å². The average molecular weight is 413 g/mol. The van der Waals surface area contributed by atoms with Gasteiger partial charge in [0.25, 0.3) is 0 Å². The fourth-order valence-electron chi connectivity index (χ4n) is 4.03. The number of hydrogen-bond donors (Lipinski definition) is 1. The Kier molecular flexibility index (Phi) is 5.90. The molecule has 0 unspecified atom stereocenters. The second-order valence-electron chi connectivity index (χ2n) is 7.51. The minimum absolute atomic E-state index is 0.104. The van der Waals surface area contributed by atoms with Crippen molar-refractivity contribution in [2.24, 2.45) is 0 Å². The third-order valence-corrected chi connectivity index (χ3v) is 5.98. The van der Waals surface area contributed by atoms with Crippen LogP contribution in [-0.2, 0) is 6.54 Å². The Morgan fingerprint density at radius 1 is 0.966 bits per heavy atom. The summed E-state index contributed by atoms with van der Waals surface area (Å²) >= 11 is 6.12. The lowest BCUT2D eigenvalue weighted by Gasteiger charge is -2.36. The van der Waals surface area contributed by atoms with Gasteiger partial charge in [-0.25, -0.2) is 9.59 Å². The Morgan fingerprint density at radius 3 is 2.38 bits per heavy atom. The molecule has 6 nitrogen and oxygen atoms in total. The SMILES string of the molecule is O=C(Nc1ccccc1Cl)N1CCC(N2CCN(Cc3ccccc3)C2=O)CC1. The molecule has 0 atom stereocenters. The van der Waals surface area contributed by atoms with Crippen LogP contribution in [0.1, 0.15) is 18.4 Å². The van der Waals surface area contributed by atoms with Crippen molar-refractivity contribution in [2.75, 3.05) is 31.5 Å². The molecule has 2 aliphatic heterocycles. The number of anilines is 1. The van der Waals surface area contributed by atoms with Crippen molar-refractivity contribution in [2.45, 2.75) is 25.4 Å². The molecule has 0 bridgehead atoms.